The number of aromatic amines is 1. The number of imidazole rings is 1. The minimum absolute atomic E-state index is 0.178. The van der Waals surface area contributed by atoms with Crippen LogP contribution >= 0.6 is 0 Å². The Morgan fingerprint density at radius 1 is 1.11 bits per heavy atom. The van der Waals surface area contributed by atoms with E-state index in [4.69, 9.17) is 4.74 Å². The molecule has 0 unspecified atom stereocenters. The zero-order valence-corrected chi connectivity index (χ0v) is 19.8. The van der Waals surface area contributed by atoms with Crippen LogP contribution in [0.4, 0.5) is 4.79 Å². The number of hydrogen-bond donors (Lipinski definition) is 2. The number of alkyl carbamates (subject to hydrolysis) is 1. The number of benzene rings is 3. The van der Waals surface area contributed by atoms with Crippen LogP contribution in [0.15, 0.2) is 72.9 Å². The predicted molar refractivity (Wildman–Crippen MR) is 138 cm³/mol. The standard InChI is InChI=1S/C27H27BN4O3/c1-35-27(34)31-24(17-6-3-2-4-7-17)26(33)32-13-5-8-23(32)25-29-16-22(30-25)20-10-9-19-15-21(28)12-11-18(19)14-20/h2-4,6-7,9-12,14-16,23-24H,5,8,13,28H2,1H3,(H,29,30)(H,31,34)/t23-,24+/m0/s1. The van der Waals surface area contributed by atoms with Gasteiger partial charge in [-0.2, -0.15) is 0 Å². The van der Waals surface area contributed by atoms with Crippen molar-refractivity contribution in [2.24, 2.45) is 0 Å². The van der Waals surface area contributed by atoms with Gasteiger partial charge in [0.05, 0.1) is 25.0 Å². The molecule has 1 aliphatic rings. The Hall–Kier alpha value is -4.07. The van der Waals surface area contributed by atoms with E-state index in [1.807, 2.05) is 36.5 Å². The number of ether oxygens (including phenoxy) is 1. The van der Waals surface area contributed by atoms with E-state index in [0.717, 1.165) is 29.9 Å². The normalized spacial score (nSPS) is 16.3. The molecular formula is C27H27BN4O3. The average molecular weight is 466 g/mol. The zero-order valence-electron chi connectivity index (χ0n) is 19.8. The van der Waals surface area contributed by atoms with Crippen molar-refractivity contribution in [2.45, 2.75) is 24.9 Å². The Labute approximate surface area is 204 Å². The van der Waals surface area contributed by atoms with E-state index in [2.05, 4.69) is 59.5 Å². The summed E-state index contributed by atoms with van der Waals surface area (Å²) >= 11 is 0. The van der Waals surface area contributed by atoms with E-state index >= 15 is 0 Å². The first kappa shape index (κ1) is 22.7. The summed E-state index contributed by atoms with van der Waals surface area (Å²) in [5.41, 5.74) is 3.90. The monoisotopic (exact) mass is 466 g/mol. The molecule has 4 aromatic rings. The van der Waals surface area contributed by atoms with Gasteiger partial charge in [0.15, 0.2) is 0 Å². The second-order valence-corrected chi connectivity index (χ2v) is 8.92. The summed E-state index contributed by atoms with van der Waals surface area (Å²) < 4.78 is 4.78. The van der Waals surface area contributed by atoms with E-state index in [9.17, 15) is 9.59 Å². The number of nitrogens with one attached hydrogen (secondary N) is 2. The maximum Gasteiger partial charge on any atom is 0.407 e. The fraction of sp³-hybridized carbons (Fsp3) is 0.222. The van der Waals surface area contributed by atoms with Crippen molar-refractivity contribution in [3.63, 3.8) is 0 Å². The molecule has 0 spiro atoms. The van der Waals surface area contributed by atoms with Crippen LogP contribution in [0, 0.1) is 0 Å². The van der Waals surface area contributed by atoms with Gasteiger partial charge < -0.3 is 19.9 Å². The van der Waals surface area contributed by atoms with E-state index in [1.165, 1.54) is 23.3 Å². The van der Waals surface area contributed by atoms with Crippen LogP contribution in [-0.4, -0.2) is 48.4 Å². The third-order valence-corrected chi connectivity index (χ3v) is 6.58. The maximum absolute atomic E-state index is 13.6. The highest BCUT2D eigenvalue weighted by Gasteiger charge is 2.37. The smallest absolute Gasteiger partial charge is 0.407 e. The molecule has 5 rings (SSSR count). The molecule has 0 saturated carbocycles. The number of carbonyl (C=O) groups excluding carboxylic acids is 2. The van der Waals surface area contributed by atoms with Gasteiger partial charge in [-0.05, 0) is 35.2 Å². The van der Waals surface area contributed by atoms with E-state index in [-0.39, 0.29) is 11.9 Å². The number of likely N-dealkylation sites (tertiary alicyclic amines) is 1. The van der Waals surface area contributed by atoms with Crippen molar-refractivity contribution >= 4 is 36.1 Å². The first-order chi connectivity index (χ1) is 17.0. The molecule has 0 radical (unpaired) electrons. The second kappa shape index (κ2) is 9.66. The van der Waals surface area contributed by atoms with Crippen LogP contribution < -0.4 is 10.8 Å². The summed E-state index contributed by atoms with van der Waals surface area (Å²) in [5, 5.41) is 5.07. The summed E-state index contributed by atoms with van der Waals surface area (Å²) in [7, 11) is 3.38. The van der Waals surface area contributed by atoms with Gasteiger partial charge in [0, 0.05) is 12.1 Å². The molecule has 0 bridgehead atoms. The van der Waals surface area contributed by atoms with Gasteiger partial charge in [-0.15, -0.1) is 0 Å². The Balaban J connectivity index is 1.41. The SMILES string of the molecule is Bc1ccc2cc(-c3cnc([C@@H]4CCCN4C(=O)[C@H](NC(=O)OC)c4ccccc4)[nH]3)ccc2c1. The highest BCUT2D eigenvalue weighted by molar-refractivity contribution is 6.33. The van der Waals surface area contributed by atoms with Crippen molar-refractivity contribution in [3.05, 3.63) is 84.3 Å². The number of amides is 2. The topological polar surface area (TPSA) is 87.3 Å². The fourth-order valence-electron chi connectivity index (χ4n) is 4.78. The Bertz CT molecular complexity index is 1370. The van der Waals surface area contributed by atoms with Gasteiger partial charge in [-0.3, -0.25) is 4.79 Å². The first-order valence-corrected chi connectivity index (χ1v) is 11.8. The van der Waals surface area contributed by atoms with Crippen LogP contribution in [0.3, 0.4) is 0 Å². The molecule has 176 valence electrons. The molecule has 0 aliphatic carbocycles. The van der Waals surface area contributed by atoms with E-state index < -0.39 is 12.1 Å². The zero-order chi connectivity index (χ0) is 24.4. The summed E-state index contributed by atoms with van der Waals surface area (Å²) in [4.78, 5) is 35.6. The average Bonchev–Trinajstić information content (AvgIpc) is 3.57. The van der Waals surface area contributed by atoms with Gasteiger partial charge in [-0.25, -0.2) is 9.78 Å². The third-order valence-electron chi connectivity index (χ3n) is 6.58. The summed E-state index contributed by atoms with van der Waals surface area (Å²) in [6.45, 7) is 0.598. The number of methoxy groups -OCH3 is 1. The van der Waals surface area contributed by atoms with Crippen LogP contribution in [0.5, 0.6) is 0 Å². The Morgan fingerprint density at radius 3 is 2.69 bits per heavy atom. The lowest BCUT2D eigenvalue weighted by atomic mass is 9.93. The lowest BCUT2D eigenvalue weighted by Crippen LogP contribution is -2.42. The van der Waals surface area contributed by atoms with Crippen molar-refractivity contribution in [2.75, 3.05) is 13.7 Å². The molecule has 7 nitrogen and oxygen atoms in total. The van der Waals surface area contributed by atoms with Crippen molar-refractivity contribution in [1.29, 1.82) is 0 Å². The number of fused-ring (bicyclic) bond motifs is 1. The van der Waals surface area contributed by atoms with Crippen molar-refractivity contribution in [3.8, 4) is 11.3 Å². The van der Waals surface area contributed by atoms with Gasteiger partial charge in [-0.1, -0.05) is 66.1 Å². The minimum atomic E-state index is -0.831. The summed E-state index contributed by atoms with van der Waals surface area (Å²) in [6.07, 6.45) is 2.85. The largest absolute Gasteiger partial charge is 0.453 e. The van der Waals surface area contributed by atoms with E-state index in [1.54, 1.807) is 4.90 Å². The fourth-order valence-corrected chi connectivity index (χ4v) is 4.78. The molecule has 1 aromatic heterocycles. The number of rotatable bonds is 5. The molecule has 3 aromatic carbocycles. The number of aromatic nitrogens is 2. The number of H-pyrrole nitrogens is 1. The molecule has 2 N–H and O–H groups in total. The van der Waals surface area contributed by atoms with E-state index in [0.29, 0.717) is 12.1 Å². The highest BCUT2D eigenvalue weighted by atomic mass is 16.5. The maximum atomic E-state index is 13.6. The highest BCUT2D eigenvalue weighted by Crippen LogP contribution is 2.34. The van der Waals surface area contributed by atoms with Crippen LogP contribution in [-0.2, 0) is 9.53 Å². The molecule has 1 fully saturated rings. The summed E-state index contributed by atoms with van der Waals surface area (Å²) in [5.74, 6) is 0.572. The molecule has 2 atom stereocenters. The Kier molecular flexibility index (Phi) is 6.27. The Morgan fingerprint density at radius 2 is 1.89 bits per heavy atom. The predicted octanol–water partition coefficient (Wildman–Crippen LogP) is 3.25. The first-order valence-electron chi connectivity index (χ1n) is 11.8. The lowest BCUT2D eigenvalue weighted by Gasteiger charge is -2.28. The molecule has 1 aliphatic heterocycles. The van der Waals surface area contributed by atoms with Gasteiger partial charge in [0.25, 0.3) is 5.91 Å². The molecule has 8 heteroatoms. The third kappa shape index (κ3) is 4.64. The van der Waals surface area contributed by atoms with Crippen molar-refractivity contribution < 1.29 is 14.3 Å². The number of carbonyl (C=O) groups is 2. The summed E-state index contributed by atoms with van der Waals surface area (Å²) in [6, 6.07) is 21.0. The lowest BCUT2D eigenvalue weighted by molar-refractivity contribution is -0.134. The molecule has 2 amide bonds. The van der Waals surface area contributed by atoms with Gasteiger partial charge >= 0.3 is 6.09 Å². The van der Waals surface area contributed by atoms with Crippen LogP contribution in [0.2, 0.25) is 0 Å². The number of nitrogens with zero attached hydrogens (tertiary/aromatic N) is 2. The molecule has 1 saturated heterocycles. The van der Waals surface area contributed by atoms with Gasteiger partial charge in [0.2, 0.25) is 0 Å². The van der Waals surface area contributed by atoms with Crippen molar-refractivity contribution in [1.82, 2.24) is 20.2 Å². The molecule has 2 heterocycles. The quantitative estimate of drug-likeness (QED) is 0.442. The molecular weight excluding hydrogens is 439 g/mol. The van der Waals surface area contributed by atoms with Crippen LogP contribution in [0.25, 0.3) is 22.0 Å². The van der Waals surface area contributed by atoms with Gasteiger partial charge in [0.1, 0.15) is 19.7 Å². The number of hydrogen-bond acceptors (Lipinski definition) is 4. The molecule has 35 heavy (non-hydrogen) atoms. The minimum Gasteiger partial charge on any atom is -0.453 e. The second-order valence-electron chi connectivity index (χ2n) is 8.92. The van der Waals surface area contributed by atoms with Crippen LogP contribution in [0.1, 0.15) is 36.3 Å².